The van der Waals surface area contributed by atoms with Crippen molar-refractivity contribution in [3.05, 3.63) is 99.0 Å². The highest BCUT2D eigenvalue weighted by Crippen LogP contribution is 2.21. The quantitative estimate of drug-likeness (QED) is 0.333. The summed E-state index contributed by atoms with van der Waals surface area (Å²) in [7, 11) is 0. The van der Waals surface area contributed by atoms with Gasteiger partial charge < -0.3 is 14.2 Å². The Balaban J connectivity index is 1.84. The highest BCUT2D eigenvalue weighted by atomic mass is 16.6. The largest absolute Gasteiger partial charge is 0.464 e. The molecule has 8 heteroatoms. The SMILES string of the molecule is Cc1ccc(CN(Cc2ccccc2)C(=O)CN(C(=O)c2ccc(C)c([N+](=O)[O-])c2)C(C)C)o1. The maximum absolute atomic E-state index is 13.4. The van der Waals surface area contributed by atoms with Gasteiger partial charge in [0.05, 0.1) is 11.5 Å². The van der Waals surface area contributed by atoms with Gasteiger partial charge in [0.15, 0.2) is 0 Å². The standard InChI is InChI=1S/C26H29N3O5/c1-18(2)28(26(31)22-12-10-19(3)24(14-22)29(32)33)17-25(30)27(15-21-8-6-5-7-9-21)16-23-13-11-20(4)34-23/h5-14,18H,15-17H2,1-4H3. The molecule has 0 bridgehead atoms. The summed E-state index contributed by atoms with van der Waals surface area (Å²) in [6.07, 6.45) is 0. The molecule has 0 aliphatic carbocycles. The second kappa shape index (κ2) is 10.8. The molecule has 0 saturated heterocycles. The lowest BCUT2D eigenvalue weighted by atomic mass is 10.1. The molecule has 0 atom stereocenters. The number of nitro benzene ring substituents is 1. The molecule has 1 heterocycles. The molecule has 0 unspecified atom stereocenters. The van der Waals surface area contributed by atoms with Gasteiger partial charge in [0.1, 0.15) is 18.1 Å². The Bertz CT molecular complexity index is 1170. The van der Waals surface area contributed by atoms with Crippen molar-refractivity contribution in [2.75, 3.05) is 6.54 Å². The fourth-order valence-corrected chi connectivity index (χ4v) is 3.63. The lowest BCUT2D eigenvalue weighted by Gasteiger charge is -2.30. The zero-order chi connectivity index (χ0) is 24.8. The van der Waals surface area contributed by atoms with Crippen molar-refractivity contribution in [3.63, 3.8) is 0 Å². The molecule has 3 rings (SSSR count). The van der Waals surface area contributed by atoms with Crippen LogP contribution in [0.4, 0.5) is 5.69 Å². The van der Waals surface area contributed by atoms with Crippen LogP contribution in [0.3, 0.4) is 0 Å². The number of rotatable bonds is 9. The number of hydrogen-bond acceptors (Lipinski definition) is 5. The number of benzene rings is 2. The van der Waals surface area contributed by atoms with Gasteiger partial charge in [0, 0.05) is 29.8 Å². The summed E-state index contributed by atoms with van der Waals surface area (Å²) < 4.78 is 5.68. The molecule has 0 saturated carbocycles. The molecule has 0 radical (unpaired) electrons. The summed E-state index contributed by atoms with van der Waals surface area (Å²) >= 11 is 0. The number of nitrogens with zero attached hydrogens (tertiary/aromatic N) is 3. The maximum atomic E-state index is 13.4. The van der Waals surface area contributed by atoms with Gasteiger partial charge in [-0.25, -0.2) is 0 Å². The van der Waals surface area contributed by atoms with E-state index >= 15 is 0 Å². The number of hydrogen-bond donors (Lipinski definition) is 0. The predicted molar refractivity (Wildman–Crippen MR) is 128 cm³/mol. The van der Waals surface area contributed by atoms with Crippen molar-refractivity contribution in [2.24, 2.45) is 0 Å². The zero-order valence-corrected chi connectivity index (χ0v) is 19.9. The van der Waals surface area contributed by atoms with Crippen LogP contribution in [-0.2, 0) is 17.9 Å². The molecule has 1 aromatic heterocycles. The monoisotopic (exact) mass is 463 g/mol. The number of carbonyl (C=O) groups is 2. The van der Waals surface area contributed by atoms with Crippen LogP contribution in [-0.4, -0.2) is 39.1 Å². The van der Waals surface area contributed by atoms with Gasteiger partial charge in [-0.2, -0.15) is 0 Å². The Hall–Kier alpha value is -3.94. The molecular formula is C26H29N3O5. The van der Waals surface area contributed by atoms with Crippen molar-refractivity contribution >= 4 is 17.5 Å². The lowest BCUT2D eigenvalue weighted by Crippen LogP contribution is -2.45. The molecule has 3 aromatic rings. The Morgan fingerprint density at radius 2 is 1.71 bits per heavy atom. The number of aryl methyl sites for hydroxylation is 2. The third-order valence-corrected chi connectivity index (χ3v) is 5.55. The molecule has 0 aliphatic heterocycles. The van der Waals surface area contributed by atoms with Crippen LogP contribution in [0.1, 0.15) is 46.9 Å². The van der Waals surface area contributed by atoms with Gasteiger partial charge in [-0.05, 0) is 51.5 Å². The van der Waals surface area contributed by atoms with Gasteiger partial charge in [0.2, 0.25) is 5.91 Å². The Kier molecular flexibility index (Phi) is 7.83. The van der Waals surface area contributed by atoms with E-state index in [0.717, 1.165) is 11.3 Å². The van der Waals surface area contributed by atoms with Crippen LogP contribution in [0.25, 0.3) is 0 Å². The van der Waals surface area contributed by atoms with Crippen molar-refractivity contribution in [2.45, 2.75) is 46.8 Å². The van der Waals surface area contributed by atoms with E-state index in [-0.39, 0.29) is 36.3 Å². The van der Waals surface area contributed by atoms with E-state index in [2.05, 4.69) is 0 Å². The second-order valence-corrected chi connectivity index (χ2v) is 8.53. The summed E-state index contributed by atoms with van der Waals surface area (Å²) in [6, 6.07) is 17.3. The predicted octanol–water partition coefficient (Wildman–Crippen LogP) is 4.88. The van der Waals surface area contributed by atoms with Crippen LogP contribution in [0.2, 0.25) is 0 Å². The summed E-state index contributed by atoms with van der Waals surface area (Å²) in [6.45, 7) is 7.54. The van der Waals surface area contributed by atoms with E-state index in [1.165, 1.54) is 11.0 Å². The number of nitro groups is 1. The first-order valence-electron chi connectivity index (χ1n) is 11.1. The Labute approximate surface area is 198 Å². The van der Waals surface area contributed by atoms with Crippen molar-refractivity contribution in [3.8, 4) is 0 Å². The van der Waals surface area contributed by atoms with E-state index in [1.54, 1.807) is 24.0 Å². The highest BCUT2D eigenvalue weighted by molar-refractivity contribution is 5.97. The van der Waals surface area contributed by atoms with E-state index < -0.39 is 10.8 Å². The van der Waals surface area contributed by atoms with Crippen LogP contribution in [0.5, 0.6) is 0 Å². The molecule has 34 heavy (non-hydrogen) atoms. The molecule has 178 valence electrons. The van der Waals surface area contributed by atoms with Gasteiger partial charge >= 0.3 is 0 Å². The Morgan fingerprint density at radius 3 is 2.29 bits per heavy atom. The minimum atomic E-state index is -0.510. The van der Waals surface area contributed by atoms with Crippen LogP contribution in [0.15, 0.2) is 65.1 Å². The minimum Gasteiger partial charge on any atom is -0.464 e. The molecule has 0 fully saturated rings. The zero-order valence-electron chi connectivity index (χ0n) is 19.9. The third kappa shape index (κ3) is 6.10. The topological polar surface area (TPSA) is 96.9 Å². The first-order valence-corrected chi connectivity index (χ1v) is 11.1. The second-order valence-electron chi connectivity index (χ2n) is 8.53. The molecule has 0 N–H and O–H groups in total. The molecular weight excluding hydrogens is 434 g/mol. The number of furan rings is 1. The first kappa shape index (κ1) is 24.7. The third-order valence-electron chi connectivity index (χ3n) is 5.55. The average Bonchev–Trinajstić information content (AvgIpc) is 3.21. The smallest absolute Gasteiger partial charge is 0.273 e. The van der Waals surface area contributed by atoms with Crippen molar-refractivity contribution in [1.29, 1.82) is 0 Å². The minimum absolute atomic E-state index is 0.125. The number of carbonyl (C=O) groups excluding carboxylic acids is 2. The summed E-state index contributed by atoms with van der Waals surface area (Å²) in [5.74, 6) is 0.724. The fraction of sp³-hybridized carbons (Fsp3) is 0.308. The number of amides is 2. The van der Waals surface area contributed by atoms with Crippen LogP contribution < -0.4 is 0 Å². The average molecular weight is 464 g/mol. The maximum Gasteiger partial charge on any atom is 0.273 e. The first-order chi connectivity index (χ1) is 16.2. The summed E-state index contributed by atoms with van der Waals surface area (Å²) in [5, 5.41) is 11.3. The van der Waals surface area contributed by atoms with E-state index in [4.69, 9.17) is 4.42 Å². The van der Waals surface area contributed by atoms with Crippen LogP contribution >= 0.6 is 0 Å². The molecule has 2 amide bonds. The van der Waals surface area contributed by atoms with E-state index in [1.807, 2.05) is 63.2 Å². The normalized spacial score (nSPS) is 10.9. The van der Waals surface area contributed by atoms with Crippen LogP contribution in [0, 0.1) is 24.0 Å². The van der Waals surface area contributed by atoms with Gasteiger partial charge in [-0.1, -0.05) is 36.4 Å². The highest BCUT2D eigenvalue weighted by Gasteiger charge is 2.26. The molecule has 0 spiro atoms. The molecule has 0 aliphatic rings. The van der Waals surface area contributed by atoms with Gasteiger partial charge in [-0.15, -0.1) is 0 Å². The molecule has 2 aromatic carbocycles. The van der Waals surface area contributed by atoms with Gasteiger partial charge in [0.25, 0.3) is 11.6 Å². The fourth-order valence-electron chi connectivity index (χ4n) is 3.63. The van der Waals surface area contributed by atoms with Crippen molar-refractivity contribution in [1.82, 2.24) is 9.80 Å². The molecule has 8 nitrogen and oxygen atoms in total. The summed E-state index contributed by atoms with van der Waals surface area (Å²) in [4.78, 5) is 40.6. The van der Waals surface area contributed by atoms with Crippen molar-refractivity contribution < 1.29 is 18.9 Å². The Morgan fingerprint density at radius 1 is 1.00 bits per heavy atom. The lowest BCUT2D eigenvalue weighted by molar-refractivity contribution is -0.385. The van der Waals surface area contributed by atoms with E-state index in [0.29, 0.717) is 17.9 Å². The van der Waals surface area contributed by atoms with E-state index in [9.17, 15) is 19.7 Å². The van der Waals surface area contributed by atoms with Gasteiger partial charge in [-0.3, -0.25) is 19.7 Å². The summed E-state index contributed by atoms with van der Waals surface area (Å²) in [5.41, 5.74) is 1.47.